The predicted molar refractivity (Wildman–Crippen MR) is 96.7 cm³/mol. The van der Waals surface area contributed by atoms with Gasteiger partial charge < -0.3 is 13.3 Å². The van der Waals surface area contributed by atoms with Crippen molar-refractivity contribution < 1.29 is 13.3 Å². The zero-order chi connectivity index (χ0) is 16.7. The standard InChI is InChI=1S/C16H38O3Si2/c1-10-17-20(9,18-11-2)13-12-19-21(14(3)4,15(5)6)16(7)8/h14-16H,10-13H2,1-9H3. The molecule has 0 aromatic rings. The van der Waals surface area contributed by atoms with E-state index in [2.05, 4.69) is 48.1 Å². The van der Waals surface area contributed by atoms with Crippen LogP contribution in [0.4, 0.5) is 0 Å². The Hall–Kier alpha value is 0.314. The van der Waals surface area contributed by atoms with Crippen molar-refractivity contribution in [3.8, 4) is 0 Å². The molecule has 0 amide bonds. The van der Waals surface area contributed by atoms with Crippen LogP contribution in [0.3, 0.4) is 0 Å². The molecule has 0 fully saturated rings. The third-order valence-electron chi connectivity index (χ3n) is 4.51. The molecule has 0 spiro atoms. The maximum atomic E-state index is 6.62. The van der Waals surface area contributed by atoms with Crippen LogP contribution in [-0.2, 0) is 13.3 Å². The summed E-state index contributed by atoms with van der Waals surface area (Å²) in [7, 11) is -3.82. The minimum Gasteiger partial charge on any atom is -0.416 e. The monoisotopic (exact) mass is 334 g/mol. The molecule has 5 heteroatoms. The molecule has 21 heavy (non-hydrogen) atoms. The lowest BCUT2D eigenvalue weighted by atomic mass is 10.5. The van der Waals surface area contributed by atoms with Gasteiger partial charge in [0.2, 0.25) is 0 Å². The first kappa shape index (κ1) is 21.3. The van der Waals surface area contributed by atoms with E-state index in [0.717, 1.165) is 25.9 Å². The predicted octanol–water partition coefficient (Wildman–Crippen LogP) is 5.32. The Morgan fingerprint density at radius 2 is 1.10 bits per heavy atom. The summed E-state index contributed by atoms with van der Waals surface area (Å²) >= 11 is 0. The molecule has 0 N–H and O–H groups in total. The van der Waals surface area contributed by atoms with Crippen LogP contribution in [-0.4, -0.2) is 36.7 Å². The van der Waals surface area contributed by atoms with E-state index in [1.165, 1.54) is 0 Å². The molecule has 0 atom stereocenters. The molecule has 0 aromatic carbocycles. The molecule has 0 aromatic heterocycles. The van der Waals surface area contributed by atoms with Crippen LogP contribution in [0.15, 0.2) is 0 Å². The van der Waals surface area contributed by atoms with Gasteiger partial charge in [-0.1, -0.05) is 41.5 Å². The molecule has 0 rings (SSSR count). The first-order chi connectivity index (χ1) is 9.66. The fourth-order valence-corrected chi connectivity index (χ4v) is 11.4. The highest BCUT2D eigenvalue weighted by Crippen LogP contribution is 2.42. The summed E-state index contributed by atoms with van der Waals surface area (Å²) in [6, 6.07) is 0.926. The maximum absolute atomic E-state index is 6.62. The molecular weight excluding hydrogens is 296 g/mol. The van der Waals surface area contributed by atoms with Crippen LogP contribution in [0, 0.1) is 0 Å². The van der Waals surface area contributed by atoms with E-state index >= 15 is 0 Å². The normalized spacial score (nSPS) is 13.7. The fourth-order valence-electron chi connectivity index (χ4n) is 3.71. The zero-order valence-corrected chi connectivity index (χ0v) is 17.8. The van der Waals surface area contributed by atoms with Crippen molar-refractivity contribution in [1.82, 2.24) is 0 Å². The molecule has 0 aliphatic carbocycles. The van der Waals surface area contributed by atoms with Gasteiger partial charge in [0.1, 0.15) is 0 Å². The van der Waals surface area contributed by atoms with Gasteiger partial charge in [0.25, 0.3) is 0 Å². The highest BCUT2D eigenvalue weighted by atomic mass is 28.4. The van der Waals surface area contributed by atoms with E-state index in [1.54, 1.807) is 0 Å². The molecular formula is C16H38O3Si2. The van der Waals surface area contributed by atoms with E-state index in [0.29, 0.717) is 16.6 Å². The molecule has 0 aliphatic heterocycles. The molecule has 0 bridgehead atoms. The van der Waals surface area contributed by atoms with Gasteiger partial charge in [-0.2, -0.15) is 0 Å². The summed E-state index contributed by atoms with van der Waals surface area (Å²) in [5.41, 5.74) is 1.89. The molecule has 0 unspecified atom stereocenters. The summed E-state index contributed by atoms with van der Waals surface area (Å²) < 4.78 is 18.5. The number of hydrogen-bond donors (Lipinski definition) is 0. The van der Waals surface area contributed by atoms with Gasteiger partial charge in [0.15, 0.2) is 8.32 Å². The molecule has 128 valence electrons. The summed E-state index contributed by atoms with van der Waals surface area (Å²) in [5, 5.41) is 0. The summed E-state index contributed by atoms with van der Waals surface area (Å²) in [6.45, 7) is 22.4. The Labute approximate surface area is 135 Å². The minimum absolute atomic E-state index is 0.629. The van der Waals surface area contributed by atoms with E-state index in [9.17, 15) is 0 Å². The largest absolute Gasteiger partial charge is 0.416 e. The topological polar surface area (TPSA) is 27.7 Å². The first-order valence-corrected chi connectivity index (χ1v) is 13.2. The third-order valence-corrected chi connectivity index (χ3v) is 13.5. The van der Waals surface area contributed by atoms with Crippen molar-refractivity contribution in [3.63, 3.8) is 0 Å². The number of rotatable bonds is 11. The molecule has 3 nitrogen and oxygen atoms in total. The highest BCUT2D eigenvalue weighted by Gasteiger charge is 2.45. The zero-order valence-electron chi connectivity index (χ0n) is 15.8. The smallest absolute Gasteiger partial charge is 0.337 e. The summed E-state index contributed by atoms with van der Waals surface area (Å²) in [4.78, 5) is 0. The van der Waals surface area contributed by atoms with Crippen molar-refractivity contribution in [2.75, 3.05) is 19.8 Å². The lowest BCUT2D eigenvalue weighted by Gasteiger charge is -2.42. The van der Waals surface area contributed by atoms with Gasteiger partial charge in [-0.15, -0.1) is 0 Å². The molecule has 0 saturated heterocycles. The Balaban J connectivity index is 4.83. The lowest BCUT2D eigenvalue weighted by Crippen LogP contribution is -2.49. The summed E-state index contributed by atoms with van der Waals surface area (Å²) in [5.74, 6) is 0. The fraction of sp³-hybridized carbons (Fsp3) is 1.00. The Bertz CT molecular complexity index is 253. The van der Waals surface area contributed by atoms with Crippen LogP contribution in [0.5, 0.6) is 0 Å². The molecule has 0 saturated carbocycles. The van der Waals surface area contributed by atoms with Crippen molar-refractivity contribution in [2.45, 2.75) is 84.6 Å². The molecule has 0 heterocycles. The van der Waals surface area contributed by atoms with Gasteiger partial charge in [-0.3, -0.25) is 0 Å². The van der Waals surface area contributed by atoms with Gasteiger partial charge in [-0.05, 0) is 37.0 Å². The average Bonchev–Trinajstić information content (AvgIpc) is 2.33. The Morgan fingerprint density at radius 1 is 0.714 bits per heavy atom. The van der Waals surface area contributed by atoms with E-state index in [1.807, 2.05) is 13.8 Å². The van der Waals surface area contributed by atoms with Crippen LogP contribution in [0.1, 0.15) is 55.4 Å². The van der Waals surface area contributed by atoms with Crippen molar-refractivity contribution in [1.29, 1.82) is 0 Å². The lowest BCUT2D eigenvalue weighted by molar-refractivity contribution is 0.179. The van der Waals surface area contributed by atoms with Crippen LogP contribution >= 0.6 is 0 Å². The Kier molecular flexibility index (Phi) is 9.59. The second-order valence-corrected chi connectivity index (χ2v) is 15.7. The van der Waals surface area contributed by atoms with Crippen molar-refractivity contribution in [2.24, 2.45) is 0 Å². The minimum atomic E-state index is -2.06. The van der Waals surface area contributed by atoms with Crippen LogP contribution < -0.4 is 0 Å². The molecule has 0 radical (unpaired) electrons. The van der Waals surface area contributed by atoms with Crippen molar-refractivity contribution >= 4 is 16.9 Å². The van der Waals surface area contributed by atoms with Gasteiger partial charge in [0.05, 0.1) is 0 Å². The number of hydrogen-bond acceptors (Lipinski definition) is 3. The van der Waals surface area contributed by atoms with E-state index in [-0.39, 0.29) is 0 Å². The Morgan fingerprint density at radius 3 is 1.38 bits per heavy atom. The van der Waals surface area contributed by atoms with Gasteiger partial charge in [0, 0.05) is 25.9 Å². The molecule has 0 aliphatic rings. The van der Waals surface area contributed by atoms with Gasteiger partial charge >= 0.3 is 8.56 Å². The SMILES string of the molecule is CCO[Si](C)(CCO[Si](C(C)C)(C(C)C)C(C)C)OCC. The van der Waals surface area contributed by atoms with Crippen LogP contribution in [0.25, 0.3) is 0 Å². The highest BCUT2D eigenvalue weighted by molar-refractivity contribution is 6.77. The van der Waals surface area contributed by atoms with E-state index in [4.69, 9.17) is 13.3 Å². The second kappa shape index (κ2) is 9.45. The maximum Gasteiger partial charge on any atom is 0.337 e. The summed E-state index contributed by atoms with van der Waals surface area (Å²) in [6.07, 6.45) is 0. The average molecular weight is 335 g/mol. The first-order valence-electron chi connectivity index (χ1n) is 8.58. The third kappa shape index (κ3) is 5.79. The van der Waals surface area contributed by atoms with Crippen molar-refractivity contribution in [3.05, 3.63) is 0 Å². The van der Waals surface area contributed by atoms with Gasteiger partial charge in [-0.25, -0.2) is 0 Å². The van der Waals surface area contributed by atoms with Crippen LogP contribution in [0.2, 0.25) is 29.2 Å². The van der Waals surface area contributed by atoms with E-state index < -0.39 is 16.9 Å². The quantitative estimate of drug-likeness (QED) is 0.478. The second-order valence-electron chi connectivity index (χ2n) is 6.92.